The molecule has 1 aliphatic rings. The Bertz CT molecular complexity index is 1060. The molecule has 0 fully saturated rings. The van der Waals surface area contributed by atoms with Crippen LogP contribution in [0.15, 0.2) is 48.8 Å². The van der Waals surface area contributed by atoms with E-state index in [1.807, 2.05) is 48.1 Å². The Kier molecular flexibility index (Phi) is 3.74. The second-order valence-corrected chi connectivity index (χ2v) is 6.69. The molecule has 27 heavy (non-hydrogen) atoms. The summed E-state index contributed by atoms with van der Waals surface area (Å²) in [6.45, 7) is 2.79. The van der Waals surface area contributed by atoms with Gasteiger partial charge in [0.15, 0.2) is 5.82 Å². The van der Waals surface area contributed by atoms with E-state index < -0.39 is 0 Å². The van der Waals surface area contributed by atoms with E-state index in [-0.39, 0.29) is 5.92 Å². The summed E-state index contributed by atoms with van der Waals surface area (Å²) in [5.41, 5.74) is 2.75. The highest BCUT2D eigenvalue weighted by atomic mass is 15.4. The third-order valence-corrected chi connectivity index (χ3v) is 4.84. The number of aromatic nitrogens is 8. The number of rotatable bonds is 3. The lowest BCUT2D eigenvalue weighted by molar-refractivity contribution is 0.423. The lowest BCUT2D eigenvalue weighted by Gasteiger charge is -2.22. The average Bonchev–Trinajstić information content (AvgIpc) is 3.36. The van der Waals surface area contributed by atoms with Gasteiger partial charge in [0.05, 0.1) is 5.69 Å². The Morgan fingerprint density at radius 2 is 2.00 bits per heavy atom. The van der Waals surface area contributed by atoms with Crippen molar-refractivity contribution < 1.29 is 0 Å². The van der Waals surface area contributed by atoms with Crippen molar-refractivity contribution in [2.75, 3.05) is 0 Å². The average molecular weight is 358 g/mol. The quantitative estimate of drug-likeness (QED) is 0.559. The van der Waals surface area contributed by atoms with Crippen molar-refractivity contribution in [1.82, 2.24) is 39.7 Å². The van der Waals surface area contributed by atoms with E-state index in [0.29, 0.717) is 11.5 Å². The number of aryl methyl sites for hydroxylation is 2. The molecule has 1 atom stereocenters. The van der Waals surface area contributed by atoms with Crippen LogP contribution in [0.2, 0.25) is 0 Å². The zero-order chi connectivity index (χ0) is 18.2. The Hall–Kier alpha value is -3.42. The normalized spacial score (nSPS) is 16.3. The van der Waals surface area contributed by atoms with Crippen LogP contribution in [0.25, 0.3) is 17.3 Å². The number of hydrogen-bond donors (Lipinski definition) is 0. The predicted octanol–water partition coefficient (Wildman–Crippen LogP) is 2.35. The number of hydrogen-bond acceptors (Lipinski definition) is 6. The van der Waals surface area contributed by atoms with Crippen LogP contribution < -0.4 is 0 Å². The molecule has 0 radical (unpaired) electrons. The standard InChI is InChI=1S/C19H18N8/c1-13-5-6-16(24-23-13)18-22-19(27(25-18)17-4-2-3-9-20-17)14-8-11-26-15(12-14)7-10-21-26/h2-7,9-10,14H,8,11-12H2,1H3. The summed E-state index contributed by atoms with van der Waals surface area (Å²) in [5, 5.41) is 17.5. The Morgan fingerprint density at radius 3 is 2.81 bits per heavy atom. The molecule has 4 aromatic rings. The molecule has 0 bridgehead atoms. The van der Waals surface area contributed by atoms with Gasteiger partial charge < -0.3 is 0 Å². The molecule has 0 saturated heterocycles. The van der Waals surface area contributed by atoms with Gasteiger partial charge in [-0.3, -0.25) is 4.68 Å². The van der Waals surface area contributed by atoms with Crippen molar-refractivity contribution in [2.24, 2.45) is 0 Å². The van der Waals surface area contributed by atoms with Crippen LogP contribution >= 0.6 is 0 Å². The zero-order valence-electron chi connectivity index (χ0n) is 14.9. The van der Waals surface area contributed by atoms with E-state index in [9.17, 15) is 0 Å². The first-order valence-corrected chi connectivity index (χ1v) is 8.98. The summed E-state index contributed by atoms with van der Waals surface area (Å²) in [7, 11) is 0. The van der Waals surface area contributed by atoms with Gasteiger partial charge in [-0.25, -0.2) is 9.97 Å². The molecular formula is C19H18N8. The maximum Gasteiger partial charge on any atom is 0.202 e. The van der Waals surface area contributed by atoms with Gasteiger partial charge >= 0.3 is 0 Å². The summed E-state index contributed by atoms with van der Waals surface area (Å²) >= 11 is 0. The highest BCUT2D eigenvalue weighted by molar-refractivity contribution is 5.48. The molecule has 5 heterocycles. The van der Waals surface area contributed by atoms with Crippen molar-refractivity contribution in [3.63, 3.8) is 0 Å². The van der Waals surface area contributed by atoms with Gasteiger partial charge in [0, 0.05) is 30.6 Å². The van der Waals surface area contributed by atoms with Crippen molar-refractivity contribution >= 4 is 0 Å². The van der Waals surface area contributed by atoms with Crippen LogP contribution in [0.5, 0.6) is 0 Å². The lowest BCUT2D eigenvalue weighted by Crippen LogP contribution is -2.21. The fraction of sp³-hybridized carbons (Fsp3) is 0.263. The monoisotopic (exact) mass is 358 g/mol. The highest BCUT2D eigenvalue weighted by Crippen LogP contribution is 2.30. The minimum atomic E-state index is 0.246. The summed E-state index contributed by atoms with van der Waals surface area (Å²) in [6.07, 6.45) is 5.46. The molecule has 0 aromatic carbocycles. The molecule has 4 aromatic heterocycles. The van der Waals surface area contributed by atoms with E-state index in [1.165, 1.54) is 5.69 Å². The van der Waals surface area contributed by atoms with Crippen molar-refractivity contribution in [1.29, 1.82) is 0 Å². The zero-order valence-corrected chi connectivity index (χ0v) is 14.9. The second kappa shape index (κ2) is 6.39. The fourth-order valence-electron chi connectivity index (χ4n) is 3.45. The molecular weight excluding hydrogens is 340 g/mol. The van der Waals surface area contributed by atoms with Crippen LogP contribution in [0, 0.1) is 6.92 Å². The number of fused-ring (bicyclic) bond motifs is 1. The molecule has 134 valence electrons. The SMILES string of the molecule is Cc1ccc(-c2nc(C3CCn4nccc4C3)n(-c3ccccn3)n2)nn1. The maximum absolute atomic E-state index is 4.85. The van der Waals surface area contributed by atoms with Crippen LogP contribution in [0.4, 0.5) is 0 Å². The molecule has 0 amide bonds. The van der Waals surface area contributed by atoms with E-state index in [0.717, 1.165) is 36.7 Å². The van der Waals surface area contributed by atoms with E-state index in [1.54, 1.807) is 6.20 Å². The van der Waals surface area contributed by atoms with Crippen molar-refractivity contribution in [3.05, 3.63) is 66.0 Å². The van der Waals surface area contributed by atoms with E-state index >= 15 is 0 Å². The van der Waals surface area contributed by atoms with Crippen molar-refractivity contribution in [3.8, 4) is 17.3 Å². The second-order valence-electron chi connectivity index (χ2n) is 6.69. The van der Waals surface area contributed by atoms with Gasteiger partial charge in [0.2, 0.25) is 5.82 Å². The number of pyridine rings is 1. The molecule has 1 unspecified atom stereocenters. The summed E-state index contributed by atoms with van der Waals surface area (Å²) in [5.74, 6) is 2.47. The first kappa shape index (κ1) is 15.8. The largest absolute Gasteiger partial charge is 0.270 e. The molecule has 0 aliphatic carbocycles. The van der Waals surface area contributed by atoms with Crippen LogP contribution in [-0.2, 0) is 13.0 Å². The molecule has 5 rings (SSSR count). The van der Waals surface area contributed by atoms with E-state index in [2.05, 4.69) is 31.0 Å². The molecule has 8 nitrogen and oxygen atoms in total. The van der Waals surface area contributed by atoms with Gasteiger partial charge in [-0.15, -0.1) is 10.2 Å². The van der Waals surface area contributed by atoms with Crippen LogP contribution in [-0.4, -0.2) is 39.7 Å². The van der Waals surface area contributed by atoms with Gasteiger partial charge in [-0.1, -0.05) is 6.07 Å². The van der Waals surface area contributed by atoms with Crippen LogP contribution in [0.3, 0.4) is 0 Å². The Morgan fingerprint density at radius 1 is 1.04 bits per heavy atom. The van der Waals surface area contributed by atoms with E-state index in [4.69, 9.17) is 10.1 Å². The van der Waals surface area contributed by atoms with Crippen LogP contribution in [0.1, 0.15) is 29.6 Å². The molecule has 0 N–H and O–H groups in total. The predicted molar refractivity (Wildman–Crippen MR) is 98.2 cm³/mol. The fourth-order valence-corrected chi connectivity index (χ4v) is 3.45. The lowest BCUT2D eigenvalue weighted by atomic mass is 9.95. The summed E-state index contributed by atoms with van der Waals surface area (Å²) < 4.78 is 3.90. The minimum absolute atomic E-state index is 0.246. The molecule has 1 aliphatic heterocycles. The third-order valence-electron chi connectivity index (χ3n) is 4.84. The van der Waals surface area contributed by atoms with Gasteiger partial charge in [0.1, 0.15) is 11.5 Å². The van der Waals surface area contributed by atoms with Gasteiger partial charge in [-0.05, 0) is 50.1 Å². The molecule has 0 saturated carbocycles. The Balaban J connectivity index is 1.60. The number of nitrogens with zero attached hydrogens (tertiary/aromatic N) is 8. The first-order chi connectivity index (χ1) is 13.3. The van der Waals surface area contributed by atoms with Gasteiger partial charge in [-0.2, -0.15) is 14.9 Å². The van der Waals surface area contributed by atoms with Gasteiger partial charge in [0.25, 0.3) is 0 Å². The smallest absolute Gasteiger partial charge is 0.202 e. The molecule has 8 heteroatoms. The van der Waals surface area contributed by atoms with Crippen molar-refractivity contribution in [2.45, 2.75) is 32.2 Å². The topological polar surface area (TPSA) is 87.2 Å². The molecule has 0 spiro atoms. The maximum atomic E-state index is 4.85. The minimum Gasteiger partial charge on any atom is -0.270 e. The Labute approximate surface area is 155 Å². The third kappa shape index (κ3) is 2.88. The highest BCUT2D eigenvalue weighted by Gasteiger charge is 2.27. The summed E-state index contributed by atoms with van der Waals surface area (Å²) in [4.78, 5) is 9.31. The first-order valence-electron chi connectivity index (χ1n) is 8.98. The summed E-state index contributed by atoms with van der Waals surface area (Å²) in [6, 6.07) is 11.7.